The minimum Gasteiger partial charge on any atom is -0.446 e. The zero-order valence-corrected chi connectivity index (χ0v) is 17.0. The average molecular weight is 400 g/mol. The van der Waals surface area contributed by atoms with E-state index in [-0.39, 0.29) is 12.2 Å². The first-order chi connectivity index (χ1) is 13.2. The van der Waals surface area contributed by atoms with Gasteiger partial charge in [-0.1, -0.05) is 30.8 Å². The minimum absolute atomic E-state index is 0.0585. The van der Waals surface area contributed by atoms with Crippen molar-refractivity contribution in [3.63, 3.8) is 0 Å². The summed E-state index contributed by atoms with van der Waals surface area (Å²) in [6.45, 7) is 4.25. The Kier molecular flexibility index (Phi) is 5.41. The minimum atomic E-state index is -0.339. The molecule has 4 rings (SSSR count). The van der Waals surface area contributed by atoms with Crippen LogP contribution in [0.5, 0.6) is 0 Å². The molecule has 2 heterocycles. The molecule has 0 amide bonds. The van der Waals surface area contributed by atoms with E-state index in [0.29, 0.717) is 10.9 Å². The van der Waals surface area contributed by atoms with Crippen LogP contribution in [0.4, 0.5) is 4.79 Å². The Morgan fingerprint density at radius 1 is 1.26 bits per heavy atom. The number of benzene rings is 1. The van der Waals surface area contributed by atoms with Crippen LogP contribution >= 0.6 is 23.5 Å². The third-order valence-electron chi connectivity index (χ3n) is 4.40. The monoisotopic (exact) mass is 399 g/mol. The maximum atomic E-state index is 12.7. The summed E-state index contributed by atoms with van der Waals surface area (Å²) < 4.78 is 7.13. The molecule has 0 bridgehead atoms. The molecule has 1 aliphatic carbocycles. The molecule has 0 N–H and O–H groups in total. The lowest BCUT2D eigenvalue weighted by molar-refractivity contribution is 0.139. The van der Waals surface area contributed by atoms with Crippen LogP contribution in [-0.2, 0) is 10.5 Å². The standard InChI is InChI=1S/C20H21N3O2S2/c1-3-26-18-10-11-21-16(13(18)2)12-27-19-22-15-6-4-5-7-17(15)23(19)20(24)25-14-8-9-14/h4-7,10-11,14H,3,8-9,12H2,1-2H3. The Balaban J connectivity index is 1.62. The molecule has 1 aliphatic rings. The zero-order chi connectivity index (χ0) is 18.8. The number of thioether (sulfide) groups is 2. The first-order valence-electron chi connectivity index (χ1n) is 9.06. The van der Waals surface area contributed by atoms with E-state index in [0.717, 1.165) is 35.3 Å². The van der Waals surface area contributed by atoms with Crippen LogP contribution < -0.4 is 0 Å². The van der Waals surface area contributed by atoms with Gasteiger partial charge < -0.3 is 4.74 Å². The summed E-state index contributed by atoms with van der Waals surface area (Å²) in [5, 5.41) is 0.650. The Morgan fingerprint density at radius 2 is 2.07 bits per heavy atom. The van der Waals surface area contributed by atoms with Crippen molar-refractivity contribution in [3.8, 4) is 0 Å². The number of aromatic nitrogens is 3. The van der Waals surface area contributed by atoms with Crippen LogP contribution in [0.1, 0.15) is 31.0 Å². The summed E-state index contributed by atoms with van der Waals surface area (Å²) in [6, 6.07) is 9.72. The number of pyridine rings is 1. The van der Waals surface area contributed by atoms with E-state index < -0.39 is 0 Å². The number of carbonyl (C=O) groups excluding carboxylic acids is 1. The van der Waals surface area contributed by atoms with Crippen molar-refractivity contribution < 1.29 is 9.53 Å². The van der Waals surface area contributed by atoms with Gasteiger partial charge in [0.2, 0.25) is 0 Å². The molecular formula is C20H21N3O2S2. The van der Waals surface area contributed by atoms with Crippen molar-refractivity contribution in [3.05, 3.63) is 47.8 Å². The molecule has 0 saturated heterocycles. The number of nitrogens with zero attached hydrogens (tertiary/aromatic N) is 3. The van der Waals surface area contributed by atoms with Crippen LogP contribution in [0.15, 0.2) is 46.6 Å². The lowest BCUT2D eigenvalue weighted by Gasteiger charge is -2.10. The Bertz CT molecular complexity index is 983. The van der Waals surface area contributed by atoms with Crippen molar-refractivity contribution in [1.82, 2.24) is 14.5 Å². The van der Waals surface area contributed by atoms with Gasteiger partial charge in [-0.25, -0.2) is 14.3 Å². The molecule has 140 valence electrons. The molecule has 1 fully saturated rings. The number of para-hydroxylation sites is 2. The normalized spacial score (nSPS) is 13.9. The molecule has 0 unspecified atom stereocenters. The first kappa shape index (κ1) is 18.4. The van der Waals surface area contributed by atoms with Crippen molar-refractivity contribution in [2.75, 3.05) is 5.75 Å². The van der Waals surface area contributed by atoms with Crippen LogP contribution in [0, 0.1) is 6.92 Å². The number of hydrogen-bond donors (Lipinski definition) is 0. The SMILES string of the molecule is CCSc1ccnc(CSc2nc3ccccc3n2C(=O)OC2CC2)c1C. The summed E-state index contributed by atoms with van der Waals surface area (Å²) in [7, 11) is 0. The fraction of sp³-hybridized carbons (Fsp3) is 0.350. The molecule has 1 aromatic carbocycles. The predicted octanol–water partition coefficient (Wildman–Crippen LogP) is 5.29. The lowest BCUT2D eigenvalue weighted by Crippen LogP contribution is -2.15. The fourth-order valence-corrected chi connectivity index (χ4v) is 4.63. The maximum Gasteiger partial charge on any atom is 0.420 e. The van der Waals surface area contributed by atoms with Crippen LogP contribution in [0.3, 0.4) is 0 Å². The number of fused-ring (bicyclic) bond motifs is 1. The largest absolute Gasteiger partial charge is 0.446 e. The van der Waals surface area contributed by atoms with E-state index in [9.17, 15) is 4.79 Å². The topological polar surface area (TPSA) is 57.0 Å². The van der Waals surface area contributed by atoms with Gasteiger partial charge in [-0.2, -0.15) is 0 Å². The molecule has 0 radical (unpaired) electrons. The summed E-state index contributed by atoms with van der Waals surface area (Å²) in [4.78, 5) is 23.1. The van der Waals surface area contributed by atoms with Gasteiger partial charge in [0.25, 0.3) is 0 Å². The smallest absolute Gasteiger partial charge is 0.420 e. The third-order valence-corrected chi connectivity index (χ3v) is 6.39. The van der Waals surface area contributed by atoms with E-state index in [1.54, 1.807) is 4.57 Å². The van der Waals surface area contributed by atoms with Crippen molar-refractivity contribution in [2.24, 2.45) is 0 Å². The number of carbonyl (C=O) groups is 1. The molecule has 0 atom stereocenters. The van der Waals surface area contributed by atoms with Crippen molar-refractivity contribution in [2.45, 2.75) is 48.6 Å². The van der Waals surface area contributed by atoms with Gasteiger partial charge in [0.15, 0.2) is 5.16 Å². The first-order valence-corrected chi connectivity index (χ1v) is 11.0. The van der Waals surface area contributed by atoms with Gasteiger partial charge in [-0.15, -0.1) is 11.8 Å². The molecule has 2 aromatic heterocycles. The highest BCUT2D eigenvalue weighted by atomic mass is 32.2. The molecular weight excluding hydrogens is 378 g/mol. The highest BCUT2D eigenvalue weighted by Gasteiger charge is 2.28. The highest BCUT2D eigenvalue weighted by Crippen LogP contribution is 2.31. The molecule has 7 heteroatoms. The molecule has 0 spiro atoms. The highest BCUT2D eigenvalue weighted by molar-refractivity contribution is 7.99. The average Bonchev–Trinajstić information content (AvgIpc) is 3.40. The van der Waals surface area contributed by atoms with Gasteiger partial charge in [0, 0.05) is 16.8 Å². The lowest BCUT2D eigenvalue weighted by atomic mass is 10.2. The van der Waals surface area contributed by atoms with Crippen LogP contribution in [0.2, 0.25) is 0 Å². The summed E-state index contributed by atoms with van der Waals surface area (Å²) in [5.74, 6) is 1.68. The fourth-order valence-electron chi connectivity index (χ4n) is 2.81. The molecule has 1 saturated carbocycles. The second kappa shape index (κ2) is 7.94. The second-order valence-electron chi connectivity index (χ2n) is 6.40. The summed E-state index contributed by atoms with van der Waals surface area (Å²) in [5.41, 5.74) is 3.80. The van der Waals surface area contributed by atoms with Crippen LogP contribution in [0.25, 0.3) is 11.0 Å². The van der Waals surface area contributed by atoms with Gasteiger partial charge in [0.1, 0.15) is 6.10 Å². The van der Waals surface area contributed by atoms with Gasteiger partial charge in [0.05, 0.1) is 16.7 Å². The Hall–Kier alpha value is -1.99. The van der Waals surface area contributed by atoms with Crippen molar-refractivity contribution >= 4 is 40.7 Å². The number of hydrogen-bond acceptors (Lipinski definition) is 6. The van der Waals surface area contributed by atoms with Crippen LogP contribution in [-0.4, -0.2) is 32.5 Å². The van der Waals surface area contributed by atoms with Gasteiger partial charge >= 0.3 is 6.09 Å². The van der Waals surface area contributed by atoms with E-state index >= 15 is 0 Å². The van der Waals surface area contributed by atoms with E-state index in [4.69, 9.17) is 4.74 Å². The predicted molar refractivity (Wildman–Crippen MR) is 110 cm³/mol. The molecule has 5 nitrogen and oxygen atoms in total. The van der Waals surface area contributed by atoms with E-state index in [1.807, 2.05) is 42.2 Å². The van der Waals surface area contributed by atoms with E-state index in [1.165, 1.54) is 22.2 Å². The van der Waals surface area contributed by atoms with Crippen molar-refractivity contribution in [1.29, 1.82) is 0 Å². The number of ether oxygens (including phenoxy) is 1. The zero-order valence-electron chi connectivity index (χ0n) is 15.3. The Labute approximate surface area is 166 Å². The maximum absolute atomic E-state index is 12.7. The quantitative estimate of drug-likeness (QED) is 0.525. The van der Waals surface area contributed by atoms with Gasteiger partial charge in [-0.05, 0) is 49.3 Å². The summed E-state index contributed by atoms with van der Waals surface area (Å²) >= 11 is 3.34. The molecule has 3 aromatic rings. The van der Waals surface area contributed by atoms with Gasteiger partial charge in [-0.3, -0.25) is 4.98 Å². The number of imidazole rings is 1. The molecule has 27 heavy (non-hydrogen) atoms. The Morgan fingerprint density at radius 3 is 2.85 bits per heavy atom. The second-order valence-corrected chi connectivity index (χ2v) is 8.65. The number of rotatable bonds is 6. The van der Waals surface area contributed by atoms with E-state index in [2.05, 4.69) is 29.9 Å². The summed E-state index contributed by atoms with van der Waals surface area (Å²) in [6.07, 6.45) is 3.47. The molecule has 0 aliphatic heterocycles. The third kappa shape index (κ3) is 3.99.